The van der Waals surface area contributed by atoms with Crippen LogP contribution in [-0.4, -0.2) is 26.6 Å². The normalized spacial score (nSPS) is 13.1. The van der Waals surface area contributed by atoms with Crippen molar-refractivity contribution in [2.24, 2.45) is 0 Å². The Morgan fingerprint density at radius 2 is 1.48 bits per heavy atom. The van der Waals surface area contributed by atoms with Gasteiger partial charge in [-0.2, -0.15) is 0 Å². The van der Waals surface area contributed by atoms with E-state index in [0.29, 0.717) is 13.0 Å². The van der Waals surface area contributed by atoms with E-state index in [2.05, 4.69) is 45.0 Å². The maximum atomic E-state index is 13.2. The highest BCUT2D eigenvalue weighted by Crippen LogP contribution is 2.36. The summed E-state index contributed by atoms with van der Waals surface area (Å²) in [4.78, 5) is 0. The van der Waals surface area contributed by atoms with Gasteiger partial charge in [0.2, 0.25) is 0 Å². The van der Waals surface area contributed by atoms with Crippen LogP contribution < -0.4 is 10.4 Å². The molecule has 0 heterocycles. The average molecular weight is 359 g/mol. The lowest BCUT2D eigenvalue weighted by atomic mass is 10.2. The van der Waals surface area contributed by atoms with E-state index in [1.54, 1.807) is 0 Å². The van der Waals surface area contributed by atoms with Gasteiger partial charge in [-0.1, -0.05) is 81.4 Å². The van der Waals surface area contributed by atoms with Gasteiger partial charge in [0, 0.05) is 6.61 Å². The average Bonchev–Trinajstić information content (AvgIpc) is 2.62. The molecule has 0 atom stereocenters. The Morgan fingerprint density at radius 3 is 1.88 bits per heavy atom. The van der Waals surface area contributed by atoms with E-state index in [1.807, 2.05) is 36.4 Å². The van der Waals surface area contributed by atoms with Crippen molar-refractivity contribution in [3.05, 3.63) is 72.6 Å². The van der Waals surface area contributed by atoms with Gasteiger partial charge >= 0.3 is 0 Å². The third kappa shape index (κ3) is 4.45. The largest absolute Gasteiger partial charge is 0.407 e. The van der Waals surface area contributed by atoms with Crippen molar-refractivity contribution in [1.29, 1.82) is 0 Å². The maximum Gasteiger partial charge on any atom is 0.261 e. The number of aliphatic hydroxyl groups is 1. The van der Waals surface area contributed by atoms with Crippen molar-refractivity contribution < 1.29 is 13.9 Å². The lowest BCUT2D eigenvalue weighted by molar-refractivity contribution is 0.289. The molecule has 0 radical (unpaired) electrons. The Labute approximate surface area is 151 Å². The van der Waals surface area contributed by atoms with Crippen LogP contribution in [0.5, 0.6) is 0 Å². The molecule has 2 nitrogen and oxygen atoms in total. The molecule has 0 aliphatic carbocycles. The minimum atomic E-state index is -2.55. The summed E-state index contributed by atoms with van der Waals surface area (Å²) in [5.41, 5.74) is 0. The molecule has 0 aliphatic rings. The van der Waals surface area contributed by atoms with E-state index in [0.717, 1.165) is 0 Å². The SMILES string of the molecule is CC(C)(C)[Si](OCCC=C(F)CO)(c1ccccc1)c1ccccc1. The van der Waals surface area contributed by atoms with E-state index in [4.69, 9.17) is 9.53 Å². The van der Waals surface area contributed by atoms with Gasteiger partial charge in [-0.25, -0.2) is 4.39 Å². The number of halogens is 1. The van der Waals surface area contributed by atoms with Crippen molar-refractivity contribution in [3.63, 3.8) is 0 Å². The highest BCUT2D eigenvalue weighted by atomic mass is 28.4. The molecule has 0 bridgehead atoms. The Kier molecular flexibility index (Phi) is 6.70. The van der Waals surface area contributed by atoms with Crippen LogP contribution in [0.4, 0.5) is 4.39 Å². The lowest BCUT2D eigenvalue weighted by Crippen LogP contribution is -2.66. The van der Waals surface area contributed by atoms with Gasteiger partial charge in [0.1, 0.15) is 5.83 Å². The summed E-state index contributed by atoms with van der Waals surface area (Å²) >= 11 is 0. The van der Waals surface area contributed by atoms with Crippen LogP contribution >= 0.6 is 0 Å². The molecule has 0 aliphatic heterocycles. The zero-order chi connectivity index (χ0) is 18.3. The second-order valence-electron chi connectivity index (χ2n) is 7.11. The van der Waals surface area contributed by atoms with Crippen LogP contribution in [0.3, 0.4) is 0 Å². The van der Waals surface area contributed by atoms with E-state index in [-0.39, 0.29) is 5.04 Å². The molecule has 2 aromatic rings. The number of hydrogen-bond donors (Lipinski definition) is 1. The van der Waals surface area contributed by atoms with Gasteiger partial charge in [-0.3, -0.25) is 0 Å². The number of benzene rings is 2. The van der Waals surface area contributed by atoms with Crippen molar-refractivity contribution in [2.45, 2.75) is 32.2 Å². The van der Waals surface area contributed by atoms with Crippen molar-refractivity contribution in [2.75, 3.05) is 13.2 Å². The molecule has 0 aromatic heterocycles. The molecule has 2 rings (SSSR count). The molecule has 4 heteroatoms. The molecule has 0 spiro atoms. The molecule has 0 saturated carbocycles. The molecule has 2 aromatic carbocycles. The Balaban J connectivity index is 2.46. The molecule has 0 unspecified atom stereocenters. The van der Waals surface area contributed by atoms with E-state index in [1.165, 1.54) is 16.4 Å². The fourth-order valence-corrected chi connectivity index (χ4v) is 7.83. The molecule has 134 valence electrons. The zero-order valence-electron chi connectivity index (χ0n) is 15.2. The van der Waals surface area contributed by atoms with Crippen LogP contribution in [0.15, 0.2) is 72.6 Å². The third-order valence-electron chi connectivity index (χ3n) is 4.37. The number of aliphatic hydroxyl groups excluding tert-OH is 1. The fourth-order valence-electron chi connectivity index (χ4n) is 3.25. The Bertz CT molecular complexity index is 639. The van der Waals surface area contributed by atoms with Gasteiger partial charge in [-0.05, 0) is 27.9 Å². The fraction of sp³-hybridized carbons (Fsp3) is 0.333. The minimum absolute atomic E-state index is 0.0883. The Hall–Kier alpha value is -1.75. The first-order valence-corrected chi connectivity index (χ1v) is 10.5. The molecule has 0 amide bonds. The summed E-state index contributed by atoms with van der Waals surface area (Å²) in [7, 11) is -2.55. The van der Waals surface area contributed by atoms with Crippen LogP contribution in [0.25, 0.3) is 0 Å². The first-order chi connectivity index (χ1) is 11.9. The van der Waals surface area contributed by atoms with Crippen LogP contribution in [-0.2, 0) is 4.43 Å². The summed E-state index contributed by atoms with van der Waals surface area (Å²) in [6, 6.07) is 20.7. The highest BCUT2D eigenvalue weighted by Gasteiger charge is 2.49. The van der Waals surface area contributed by atoms with Gasteiger partial charge in [-0.15, -0.1) is 0 Å². The second kappa shape index (κ2) is 8.56. The summed E-state index contributed by atoms with van der Waals surface area (Å²) < 4.78 is 19.8. The predicted molar refractivity (Wildman–Crippen MR) is 104 cm³/mol. The summed E-state index contributed by atoms with van der Waals surface area (Å²) in [6.07, 6.45) is 1.84. The van der Waals surface area contributed by atoms with E-state index < -0.39 is 20.8 Å². The zero-order valence-corrected chi connectivity index (χ0v) is 16.2. The quantitative estimate of drug-likeness (QED) is 0.603. The van der Waals surface area contributed by atoms with Gasteiger partial charge in [0.05, 0.1) is 6.61 Å². The van der Waals surface area contributed by atoms with Crippen LogP contribution in [0.1, 0.15) is 27.2 Å². The molecule has 25 heavy (non-hydrogen) atoms. The topological polar surface area (TPSA) is 29.5 Å². The van der Waals surface area contributed by atoms with Gasteiger partial charge in [0.25, 0.3) is 8.32 Å². The molecular formula is C21H27FO2Si. The standard InChI is InChI=1S/C21H27FO2Si/c1-21(2,3)25(19-12-6-4-7-13-19,20-14-8-5-9-15-20)24-16-10-11-18(22)17-23/h4-9,11-15,23H,10,16-17H2,1-3H3. The van der Waals surface area contributed by atoms with E-state index >= 15 is 0 Å². The smallest absolute Gasteiger partial charge is 0.261 e. The minimum Gasteiger partial charge on any atom is -0.407 e. The first-order valence-electron chi connectivity index (χ1n) is 8.62. The highest BCUT2D eigenvalue weighted by molar-refractivity contribution is 6.99. The lowest BCUT2D eigenvalue weighted by Gasteiger charge is -2.43. The molecule has 0 saturated heterocycles. The van der Waals surface area contributed by atoms with E-state index in [9.17, 15) is 4.39 Å². The van der Waals surface area contributed by atoms with Gasteiger partial charge in [0.15, 0.2) is 0 Å². The number of rotatable bonds is 7. The Morgan fingerprint density at radius 1 is 1.00 bits per heavy atom. The van der Waals surface area contributed by atoms with Gasteiger partial charge < -0.3 is 9.53 Å². The predicted octanol–water partition coefficient (Wildman–Crippen LogP) is 3.80. The molecule has 1 N–H and O–H groups in total. The monoisotopic (exact) mass is 358 g/mol. The van der Waals surface area contributed by atoms with Crippen LogP contribution in [0.2, 0.25) is 5.04 Å². The third-order valence-corrected chi connectivity index (χ3v) is 9.41. The van der Waals surface area contributed by atoms with Crippen molar-refractivity contribution in [1.82, 2.24) is 0 Å². The number of hydrogen-bond acceptors (Lipinski definition) is 2. The second-order valence-corrected chi connectivity index (χ2v) is 11.4. The van der Waals surface area contributed by atoms with Crippen molar-refractivity contribution >= 4 is 18.7 Å². The molecule has 0 fully saturated rings. The maximum absolute atomic E-state index is 13.2. The molecular weight excluding hydrogens is 331 g/mol. The first kappa shape index (κ1) is 19.6. The van der Waals surface area contributed by atoms with Crippen LogP contribution in [0, 0.1) is 0 Å². The van der Waals surface area contributed by atoms with Crippen molar-refractivity contribution in [3.8, 4) is 0 Å². The summed E-state index contributed by atoms with van der Waals surface area (Å²) in [6.45, 7) is 6.50. The summed E-state index contributed by atoms with van der Waals surface area (Å²) in [5.74, 6) is -0.508. The summed E-state index contributed by atoms with van der Waals surface area (Å²) in [5, 5.41) is 11.1.